The molecule has 0 unspecified atom stereocenters. The number of halogens is 1. The molecule has 27 heavy (non-hydrogen) atoms. The van der Waals surface area contributed by atoms with Crippen molar-refractivity contribution < 1.29 is 14.3 Å². The number of hydrazone groups is 1. The molecule has 0 aliphatic carbocycles. The minimum absolute atomic E-state index is 0.355. The molecule has 0 aliphatic rings. The standard InChI is InChI=1S/C20H24ClN3O3/c1-4-26-18-9-14(8-17(21)19(18)27-12-13(2)3)11-23-24-20(25)15-6-5-7-16(22)10-15/h5-11,13H,4,12,22H2,1-3H3,(H,24,25)/b23-11-. The van der Waals surface area contributed by atoms with Gasteiger partial charge < -0.3 is 15.2 Å². The lowest BCUT2D eigenvalue weighted by Crippen LogP contribution is -2.17. The summed E-state index contributed by atoms with van der Waals surface area (Å²) in [6.45, 7) is 6.99. The Morgan fingerprint density at radius 1 is 1.30 bits per heavy atom. The lowest BCUT2D eigenvalue weighted by Gasteiger charge is -2.15. The summed E-state index contributed by atoms with van der Waals surface area (Å²) in [4.78, 5) is 12.1. The largest absolute Gasteiger partial charge is 0.490 e. The third-order valence-corrected chi connectivity index (χ3v) is 3.70. The molecule has 144 valence electrons. The van der Waals surface area contributed by atoms with E-state index < -0.39 is 0 Å². The van der Waals surface area contributed by atoms with Gasteiger partial charge >= 0.3 is 0 Å². The van der Waals surface area contributed by atoms with Gasteiger partial charge in [0.15, 0.2) is 11.5 Å². The van der Waals surface area contributed by atoms with Gasteiger partial charge in [0.25, 0.3) is 5.91 Å². The third-order valence-electron chi connectivity index (χ3n) is 3.42. The van der Waals surface area contributed by atoms with E-state index in [1.165, 1.54) is 6.21 Å². The number of nitrogens with one attached hydrogen (secondary N) is 1. The lowest BCUT2D eigenvalue weighted by molar-refractivity contribution is 0.0955. The molecule has 0 spiro atoms. The second-order valence-corrected chi connectivity index (χ2v) is 6.70. The fourth-order valence-corrected chi connectivity index (χ4v) is 2.50. The molecule has 0 atom stereocenters. The Bertz CT molecular complexity index is 822. The first-order valence-electron chi connectivity index (χ1n) is 8.68. The van der Waals surface area contributed by atoms with Crippen LogP contribution in [0.5, 0.6) is 11.5 Å². The minimum Gasteiger partial charge on any atom is -0.490 e. The highest BCUT2D eigenvalue weighted by atomic mass is 35.5. The number of rotatable bonds is 8. The maximum absolute atomic E-state index is 12.1. The normalized spacial score (nSPS) is 11.0. The van der Waals surface area contributed by atoms with Gasteiger partial charge in [-0.25, -0.2) is 5.43 Å². The average molecular weight is 390 g/mol. The SMILES string of the molecule is CCOc1cc(/C=N\NC(=O)c2cccc(N)c2)cc(Cl)c1OCC(C)C. The van der Waals surface area contributed by atoms with Gasteiger partial charge in [-0.15, -0.1) is 0 Å². The first-order valence-corrected chi connectivity index (χ1v) is 9.06. The van der Waals surface area contributed by atoms with Crippen LogP contribution in [0.3, 0.4) is 0 Å². The van der Waals surface area contributed by atoms with E-state index in [-0.39, 0.29) is 5.91 Å². The number of amides is 1. The van der Waals surface area contributed by atoms with Crippen molar-refractivity contribution in [2.75, 3.05) is 18.9 Å². The van der Waals surface area contributed by atoms with E-state index in [1.54, 1.807) is 36.4 Å². The van der Waals surface area contributed by atoms with Crippen LogP contribution >= 0.6 is 11.6 Å². The summed E-state index contributed by atoms with van der Waals surface area (Å²) in [5.74, 6) is 1.05. The molecule has 0 bridgehead atoms. The van der Waals surface area contributed by atoms with Crippen molar-refractivity contribution in [3.63, 3.8) is 0 Å². The predicted molar refractivity (Wildman–Crippen MR) is 109 cm³/mol. The first-order chi connectivity index (χ1) is 12.9. The number of carbonyl (C=O) groups excluding carboxylic acids is 1. The molecular weight excluding hydrogens is 366 g/mol. The van der Waals surface area contributed by atoms with E-state index in [0.717, 1.165) is 0 Å². The van der Waals surface area contributed by atoms with E-state index in [9.17, 15) is 4.79 Å². The highest BCUT2D eigenvalue weighted by Crippen LogP contribution is 2.36. The van der Waals surface area contributed by atoms with Crippen LogP contribution < -0.4 is 20.6 Å². The highest BCUT2D eigenvalue weighted by molar-refractivity contribution is 6.32. The van der Waals surface area contributed by atoms with Gasteiger partial charge in [0.2, 0.25) is 0 Å². The Labute approximate surface area is 164 Å². The molecule has 7 heteroatoms. The predicted octanol–water partition coefficient (Wildman–Crippen LogP) is 4.12. The summed E-state index contributed by atoms with van der Waals surface area (Å²) < 4.78 is 11.4. The second-order valence-electron chi connectivity index (χ2n) is 6.29. The van der Waals surface area contributed by atoms with E-state index in [4.69, 9.17) is 26.8 Å². The zero-order valence-corrected chi connectivity index (χ0v) is 16.4. The molecule has 2 aromatic carbocycles. The van der Waals surface area contributed by atoms with E-state index >= 15 is 0 Å². The van der Waals surface area contributed by atoms with Gasteiger partial charge in [-0.1, -0.05) is 31.5 Å². The van der Waals surface area contributed by atoms with Crippen LogP contribution in [0.4, 0.5) is 5.69 Å². The Morgan fingerprint density at radius 3 is 2.74 bits per heavy atom. The minimum atomic E-state index is -0.355. The number of hydrogen-bond acceptors (Lipinski definition) is 5. The van der Waals surface area contributed by atoms with Crippen LogP contribution in [0.15, 0.2) is 41.5 Å². The molecule has 6 nitrogen and oxygen atoms in total. The molecule has 0 fully saturated rings. The van der Waals surface area contributed by atoms with Gasteiger partial charge in [0.1, 0.15) is 0 Å². The molecule has 1 amide bonds. The van der Waals surface area contributed by atoms with Crippen LogP contribution in [0.1, 0.15) is 36.7 Å². The van der Waals surface area contributed by atoms with Crippen LogP contribution in [-0.4, -0.2) is 25.3 Å². The molecule has 0 saturated heterocycles. The van der Waals surface area contributed by atoms with Crippen LogP contribution in [0, 0.1) is 5.92 Å². The van der Waals surface area contributed by atoms with Crippen molar-refractivity contribution >= 4 is 29.4 Å². The Balaban J connectivity index is 2.13. The number of nitrogen functional groups attached to an aromatic ring is 1. The first kappa shape index (κ1) is 20.6. The van der Waals surface area contributed by atoms with Crippen LogP contribution in [-0.2, 0) is 0 Å². The number of benzene rings is 2. The molecule has 0 aliphatic heterocycles. The third kappa shape index (κ3) is 6.18. The monoisotopic (exact) mass is 389 g/mol. The number of nitrogens with two attached hydrogens (primary N) is 1. The summed E-state index contributed by atoms with van der Waals surface area (Å²) >= 11 is 6.34. The van der Waals surface area contributed by atoms with Crippen molar-refractivity contribution in [2.24, 2.45) is 11.0 Å². The van der Waals surface area contributed by atoms with Crippen molar-refractivity contribution in [1.29, 1.82) is 0 Å². The summed E-state index contributed by atoms with van der Waals surface area (Å²) in [6, 6.07) is 10.1. The van der Waals surface area contributed by atoms with Gasteiger partial charge in [-0.3, -0.25) is 4.79 Å². The number of carbonyl (C=O) groups is 1. The molecule has 0 radical (unpaired) electrons. The van der Waals surface area contributed by atoms with E-state index in [0.29, 0.717) is 52.5 Å². The molecule has 0 saturated carbocycles. The highest BCUT2D eigenvalue weighted by Gasteiger charge is 2.13. The van der Waals surface area contributed by atoms with Crippen molar-refractivity contribution in [3.8, 4) is 11.5 Å². The molecular formula is C20H24ClN3O3. The lowest BCUT2D eigenvalue weighted by atomic mass is 10.2. The zero-order chi connectivity index (χ0) is 19.8. The number of nitrogens with zero attached hydrogens (tertiary/aromatic N) is 1. The number of ether oxygens (including phenoxy) is 2. The van der Waals surface area contributed by atoms with Crippen LogP contribution in [0.2, 0.25) is 5.02 Å². The van der Waals surface area contributed by atoms with Gasteiger partial charge in [-0.05, 0) is 48.7 Å². The molecule has 2 rings (SSSR count). The summed E-state index contributed by atoms with van der Waals surface area (Å²) in [5.41, 5.74) is 9.75. The summed E-state index contributed by atoms with van der Waals surface area (Å²) in [7, 11) is 0. The van der Waals surface area contributed by atoms with Gasteiger partial charge in [0, 0.05) is 11.3 Å². The maximum Gasteiger partial charge on any atom is 0.271 e. The maximum atomic E-state index is 12.1. The smallest absolute Gasteiger partial charge is 0.271 e. The quantitative estimate of drug-likeness (QED) is 0.404. The van der Waals surface area contributed by atoms with E-state index in [2.05, 4.69) is 24.4 Å². The molecule has 0 heterocycles. The Hall–Kier alpha value is -2.73. The molecule has 3 N–H and O–H groups in total. The fraction of sp³-hybridized carbons (Fsp3) is 0.300. The average Bonchev–Trinajstić information content (AvgIpc) is 2.61. The van der Waals surface area contributed by atoms with E-state index in [1.807, 2.05) is 6.92 Å². The Morgan fingerprint density at radius 2 is 2.07 bits per heavy atom. The number of hydrogen-bond donors (Lipinski definition) is 2. The summed E-state index contributed by atoms with van der Waals surface area (Å²) in [5, 5.41) is 4.39. The topological polar surface area (TPSA) is 85.9 Å². The Kier molecular flexibility index (Phi) is 7.49. The van der Waals surface area contributed by atoms with Crippen molar-refractivity contribution in [3.05, 3.63) is 52.5 Å². The summed E-state index contributed by atoms with van der Waals surface area (Å²) in [6.07, 6.45) is 1.49. The second kappa shape index (κ2) is 9.83. The zero-order valence-electron chi connectivity index (χ0n) is 15.7. The number of anilines is 1. The fourth-order valence-electron chi connectivity index (χ4n) is 2.23. The van der Waals surface area contributed by atoms with Crippen molar-refractivity contribution in [2.45, 2.75) is 20.8 Å². The van der Waals surface area contributed by atoms with Crippen LogP contribution in [0.25, 0.3) is 0 Å². The van der Waals surface area contributed by atoms with Crippen molar-refractivity contribution in [1.82, 2.24) is 5.43 Å². The molecule has 0 aromatic heterocycles. The van der Waals surface area contributed by atoms with Gasteiger partial charge in [0.05, 0.1) is 24.5 Å². The molecule has 2 aromatic rings. The van der Waals surface area contributed by atoms with Gasteiger partial charge in [-0.2, -0.15) is 5.10 Å².